The van der Waals surface area contributed by atoms with Crippen LogP contribution in [-0.4, -0.2) is 77.4 Å². The lowest BCUT2D eigenvalue weighted by molar-refractivity contribution is -0.203. The van der Waals surface area contributed by atoms with Crippen LogP contribution in [0.3, 0.4) is 0 Å². The highest BCUT2D eigenvalue weighted by molar-refractivity contribution is 7.86. The van der Waals surface area contributed by atoms with Crippen LogP contribution in [0.1, 0.15) is 75.2 Å². The van der Waals surface area contributed by atoms with Crippen molar-refractivity contribution in [2.75, 3.05) is 32.2 Å². The van der Waals surface area contributed by atoms with Gasteiger partial charge in [0.15, 0.2) is 0 Å². The topological polar surface area (TPSA) is 134 Å². The average molecular weight is 691 g/mol. The van der Waals surface area contributed by atoms with Crippen LogP contribution in [0.15, 0.2) is 60.7 Å². The van der Waals surface area contributed by atoms with Crippen molar-refractivity contribution in [1.82, 2.24) is 5.06 Å². The number of carbonyl (C=O) groups is 2. The van der Waals surface area contributed by atoms with Crippen LogP contribution in [0.2, 0.25) is 5.04 Å². The minimum absolute atomic E-state index is 0.0158. The Hall–Kier alpha value is -2.61. The first-order valence-electron chi connectivity index (χ1n) is 16.2. The third-order valence-corrected chi connectivity index (χ3v) is 15.2. The molecule has 2 N–H and O–H groups in total. The molecule has 1 aliphatic heterocycles. The van der Waals surface area contributed by atoms with Crippen molar-refractivity contribution in [3.05, 3.63) is 60.7 Å². The van der Waals surface area contributed by atoms with Gasteiger partial charge in [0, 0.05) is 20.0 Å². The summed E-state index contributed by atoms with van der Waals surface area (Å²) >= 11 is 0. The molecule has 2 aromatic carbocycles. The highest BCUT2D eigenvalue weighted by Crippen LogP contribution is 2.40. The molecule has 3 rings (SSSR count). The summed E-state index contributed by atoms with van der Waals surface area (Å²) in [6, 6.07) is 20.1. The van der Waals surface area contributed by atoms with E-state index in [-0.39, 0.29) is 37.0 Å². The summed E-state index contributed by atoms with van der Waals surface area (Å²) < 4.78 is 43.7. The maximum atomic E-state index is 13.1. The molecule has 0 aromatic heterocycles. The Balaban J connectivity index is 1.58. The molecule has 0 spiro atoms. The maximum Gasteiger partial charge on any atom is 0.329 e. The molecule has 10 nitrogen and oxygen atoms in total. The van der Waals surface area contributed by atoms with E-state index in [1.54, 1.807) is 0 Å². The first kappa shape index (κ1) is 38.8. The maximum absolute atomic E-state index is 13.1. The van der Waals surface area contributed by atoms with E-state index in [2.05, 4.69) is 45.0 Å². The molecule has 1 heterocycles. The first-order valence-corrected chi connectivity index (χ1v) is 19.6. The number of nitrogens with two attached hydrogens (primary N) is 1. The number of nitrogens with zero attached hydrogens (tertiary/aromatic N) is 1. The van der Waals surface area contributed by atoms with Crippen LogP contribution in [0.25, 0.3) is 0 Å². The van der Waals surface area contributed by atoms with Gasteiger partial charge < -0.3 is 19.7 Å². The van der Waals surface area contributed by atoms with E-state index in [9.17, 15) is 18.0 Å². The number of carbonyl (C=O) groups excluding carboxylic acids is 2. The van der Waals surface area contributed by atoms with E-state index in [4.69, 9.17) is 23.9 Å². The normalized spacial score (nSPS) is 19.7. The molecule has 0 bridgehead atoms. The van der Waals surface area contributed by atoms with E-state index in [1.165, 1.54) is 17.3 Å². The van der Waals surface area contributed by atoms with E-state index in [0.29, 0.717) is 13.0 Å². The van der Waals surface area contributed by atoms with E-state index < -0.39 is 52.7 Å². The number of hydrogen-bond donors (Lipinski definition) is 1. The van der Waals surface area contributed by atoms with E-state index >= 15 is 0 Å². The van der Waals surface area contributed by atoms with Gasteiger partial charge in [-0.2, -0.15) is 13.5 Å². The van der Waals surface area contributed by atoms with Crippen molar-refractivity contribution in [2.45, 2.75) is 91.8 Å². The fraction of sp³-hybridized carbons (Fsp3) is 0.600. The minimum atomic E-state index is -3.91. The molecular weight excluding hydrogens is 637 g/mol. The van der Waals surface area contributed by atoms with Crippen molar-refractivity contribution in [2.24, 2.45) is 16.6 Å². The second-order valence-corrected chi connectivity index (χ2v) is 21.4. The van der Waals surface area contributed by atoms with Crippen LogP contribution in [0, 0.1) is 10.8 Å². The summed E-state index contributed by atoms with van der Waals surface area (Å²) in [4.78, 5) is 29.9. The largest absolute Gasteiger partial charge is 0.407 e. The molecule has 12 heteroatoms. The average Bonchev–Trinajstić information content (AvgIpc) is 3.22. The van der Waals surface area contributed by atoms with Gasteiger partial charge in [-0.05, 0) is 32.7 Å². The van der Waals surface area contributed by atoms with Crippen LogP contribution >= 0.6 is 0 Å². The van der Waals surface area contributed by atoms with Crippen molar-refractivity contribution in [3.8, 4) is 0 Å². The van der Waals surface area contributed by atoms with Crippen LogP contribution in [-0.2, 0) is 37.9 Å². The third-order valence-electron chi connectivity index (χ3n) is 8.97. The zero-order valence-electron chi connectivity index (χ0n) is 29.5. The second kappa shape index (κ2) is 14.9. The van der Waals surface area contributed by atoms with Gasteiger partial charge in [0.2, 0.25) is 0 Å². The van der Waals surface area contributed by atoms with Crippen LogP contribution in [0.5, 0.6) is 0 Å². The molecule has 0 unspecified atom stereocenters. The Bertz CT molecular complexity index is 1420. The number of amides is 1. The van der Waals surface area contributed by atoms with Crippen molar-refractivity contribution in [3.63, 3.8) is 0 Å². The standard InChI is InChI=1S/C35H54N2O8SSi/c1-27(38)45-37-28(24-35(36,31(37)39)32(2,3)4)25-42-22-23-46(40,41)43-26-34(8,9)20-21-44-47(33(5,6)7,29-16-12-10-13-17-29)30-18-14-11-15-19-30/h10-19,28H,20-26,36H2,1-9H3/t28-,35+/m0/s1. The zero-order chi connectivity index (χ0) is 35.3. The molecule has 2 aromatic rings. The number of ether oxygens (including phenoxy) is 1. The monoisotopic (exact) mass is 690 g/mol. The fourth-order valence-corrected chi connectivity index (χ4v) is 11.4. The van der Waals surface area contributed by atoms with E-state index in [1.807, 2.05) is 71.0 Å². The quantitative estimate of drug-likeness (QED) is 0.166. The number of benzene rings is 2. The summed E-state index contributed by atoms with van der Waals surface area (Å²) in [7, 11) is -6.63. The molecule has 47 heavy (non-hydrogen) atoms. The summed E-state index contributed by atoms with van der Waals surface area (Å²) in [5.74, 6) is -1.54. The summed E-state index contributed by atoms with van der Waals surface area (Å²) in [5, 5.41) is 3.17. The highest BCUT2D eigenvalue weighted by Gasteiger charge is 2.57. The third kappa shape index (κ3) is 9.30. The number of rotatable bonds is 15. The minimum Gasteiger partial charge on any atom is -0.407 e. The summed E-state index contributed by atoms with van der Waals surface area (Å²) in [6.45, 7) is 17.5. The summed E-state index contributed by atoms with van der Waals surface area (Å²) in [5.41, 5.74) is 4.10. The Kier molecular flexibility index (Phi) is 12.3. The molecule has 0 radical (unpaired) electrons. The highest BCUT2D eigenvalue weighted by atomic mass is 32.2. The Morgan fingerprint density at radius 1 is 0.936 bits per heavy atom. The predicted octanol–water partition coefficient (Wildman–Crippen LogP) is 4.16. The molecule has 0 saturated carbocycles. The molecule has 262 valence electrons. The van der Waals surface area contributed by atoms with Gasteiger partial charge in [0.25, 0.3) is 24.3 Å². The number of hydroxylamine groups is 2. The molecule has 1 amide bonds. The zero-order valence-corrected chi connectivity index (χ0v) is 31.3. The molecular formula is C35H54N2O8SSi. The van der Waals surface area contributed by atoms with Gasteiger partial charge in [0.05, 0.1) is 31.6 Å². The number of hydrogen-bond acceptors (Lipinski definition) is 9. The van der Waals surface area contributed by atoms with Crippen molar-refractivity contribution >= 4 is 40.7 Å². The van der Waals surface area contributed by atoms with Gasteiger partial charge in [-0.25, -0.2) is 0 Å². The lowest BCUT2D eigenvalue weighted by Gasteiger charge is -2.43. The predicted molar refractivity (Wildman–Crippen MR) is 186 cm³/mol. The SMILES string of the molecule is CC(=O)ON1C(=O)[C@@](N)(C(C)(C)C)C[C@H]1COCCS(=O)(=O)OCC(C)(C)CCO[Si](c1ccccc1)(c1ccccc1)C(C)(C)C. The van der Waals surface area contributed by atoms with Crippen LogP contribution in [0.4, 0.5) is 0 Å². The Morgan fingerprint density at radius 2 is 1.47 bits per heavy atom. The Morgan fingerprint density at radius 3 is 1.94 bits per heavy atom. The molecule has 1 aliphatic rings. The second-order valence-electron chi connectivity index (χ2n) is 15.3. The lowest BCUT2D eigenvalue weighted by atomic mass is 9.72. The molecule has 1 fully saturated rings. The van der Waals surface area contributed by atoms with Gasteiger partial charge in [-0.15, -0.1) is 0 Å². The van der Waals surface area contributed by atoms with E-state index in [0.717, 1.165) is 5.06 Å². The molecule has 2 atom stereocenters. The lowest BCUT2D eigenvalue weighted by Crippen LogP contribution is -2.66. The van der Waals surface area contributed by atoms with Crippen LogP contribution < -0.4 is 16.1 Å². The molecule has 1 saturated heterocycles. The Labute approximate surface area is 282 Å². The van der Waals surface area contributed by atoms with Gasteiger partial charge in [-0.3, -0.25) is 13.8 Å². The summed E-state index contributed by atoms with van der Waals surface area (Å²) in [6.07, 6.45) is 0.774. The molecule has 0 aliphatic carbocycles. The van der Waals surface area contributed by atoms with Gasteiger partial charge in [0.1, 0.15) is 5.54 Å². The van der Waals surface area contributed by atoms with Crippen molar-refractivity contribution < 1.29 is 36.2 Å². The van der Waals surface area contributed by atoms with Gasteiger partial charge in [-0.1, -0.05) is 116 Å². The van der Waals surface area contributed by atoms with Gasteiger partial charge >= 0.3 is 5.97 Å². The van der Waals surface area contributed by atoms with Crippen molar-refractivity contribution in [1.29, 1.82) is 0 Å². The first-order chi connectivity index (χ1) is 21.7. The fourth-order valence-electron chi connectivity index (χ4n) is 5.92. The smallest absolute Gasteiger partial charge is 0.329 e.